The largest absolute Gasteiger partial charge is 0.397 e. The molecule has 0 aliphatic heterocycles. The minimum absolute atomic E-state index is 0.172. The molecule has 7 heteroatoms. The summed E-state index contributed by atoms with van der Waals surface area (Å²) >= 11 is 0. The SMILES string of the molecule is Cc1nc(CCNC(=O)c2cc(N)cn2C)no1. The lowest BCUT2D eigenvalue weighted by atomic mass is 10.3. The highest BCUT2D eigenvalue weighted by molar-refractivity contribution is 5.93. The summed E-state index contributed by atoms with van der Waals surface area (Å²) in [7, 11) is 1.77. The number of nitrogens with two attached hydrogens (primary N) is 1. The number of aryl methyl sites for hydroxylation is 2. The number of rotatable bonds is 4. The molecule has 2 aromatic rings. The first kappa shape index (κ1) is 12.2. The fourth-order valence-corrected chi connectivity index (χ4v) is 1.64. The van der Waals surface area contributed by atoms with E-state index in [0.29, 0.717) is 36.1 Å². The maximum atomic E-state index is 11.8. The van der Waals surface area contributed by atoms with Gasteiger partial charge in [-0.3, -0.25) is 4.79 Å². The van der Waals surface area contributed by atoms with E-state index in [1.807, 2.05) is 0 Å². The molecule has 96 valence electrons. The highest BCUT2D eigenvalue weighted by atomic mass is 16.5. The number of aromatic nitrogens is 3. The average Bonchev–Trinajstić information content (AvgIpc) is 2.85. The van der Waals surface area contributed by atoms with E-state index in [9.17, 15) is 4.79 Å². The second kappa shape index (κ2) is 4.91. The summed E-state index contributed by atoms with van der Waals surface area (Å²) in [6, 6.07) is 1.63. The van der Waals surface area contributed by atoms with Crippen LogP contribution in [0.2, 0.25) is 0 Å². The molecule has 2 rings (SSSR count). The van der Waals surface area contributed by atoms with Crippen molar-refractivity contribution in [1.29, 1.82) is 0 Å². The van der Waals surface area contributed by atoms with Crippen molar-refractivity contribution in [3.05, 3.63) is 29.7 Å². The number of carbonyl (C=O) groups is 1. The van der Waals surface area contributed by atoms with Gasteiger partial charge < -0.3 is 20.1 Å². The Morgan fingerprint density at radius 1 is 1.61 bits per heavy atom. The van der Waals surface area contributed by atoms with E-state index in [0.717, 1.165) is 0 Å². The molecule has 3 N–H and O–H groups in total. The van der Waals surface area contributed by atoms with Crippen LogP contribution in [0.4, 0.5) is 5.69 Å². The summed E-state index contributed by atoms with van der Waals surface area (Å²) in [6.45, 7) is 2.17. The van der Waals surface area contributed by atoms with Crippen LogP contribution in [0.5, 0.6) is 0 Å². The molecule has 0 aromatic carbocycles. The van der Waals surface area contributed by atoms with Gasteiger partial charge in [0.05, 0.1) is 5.69 Å². The maximum Gasteiger partial charge on any atom is 0.267 e. The van der Waals surface area contributed by atoms with Gasteiger partial charge in [0.25, 0.3) is 5.91 Å². The molecule has 2 aromatic heterocycles. The van der Waals surface area contributed by atoms with Crippen LogP contribution in [0.3, 0.4) is 0 Å². The molecule has 18 heavy (non-hydrogen) atoms. The third-order valence-electron chi connectivity index (χ3n) is 2.46. The Labute approximate surface area is 104 Å². The Morgan fingerprint density at radius 2 is 2.39 bits per heavy atom. The van der Waals surface area contributed by atoms with E-state index >= 15 is 0 Å². The number of carbonyl (C=O) groups excluding carboxylic acids is 1. The van der Waals surface area contributed by atoms with Gasteiger partial charge in [-0.05, 0) is 6.07 Å². The topological polar surface area (TPSA) is 99.0 Å². The normalized spacial score (nSPS) is 10.6. The fourth-order valence-electron chi connectivity index (χ4n) is 1.64. The summed E-state index contributed by atoms with van der Waals surface area (Å²) in [6.07, 6.45) is 2.22. The van der Waals surface area contributed by atoms with Crippen molar-refractivity contribution in [2.75, 3.05) is 12.3 Å². The molecule has 1 amide bonds. The molecule has 7 nitrogen and oxygen atoms in total. The lowest BCUT2D eigenvalue weighted by Gasteiger charge is -2.04. The van der Waals surface area contributed by atoms with Crippen molar-refractivity contribution in [3.8, 4) is 0 Å². The van der Waals surface area contributed by atoms with Gasteiger partial charge in [0.2, 0.25) is 5.89 Å². The summed E-state index contributed by atoms with van der Waals surface area (Å²) < 4.78 is 6.52. The quantitative estimate of drug-likeness (QED) is 0.810. The summed E-state index contributed by atoms with van der Waals surface area (Å²) in [5.74, 6) is 0.931. The van der Waals surface area contributed by atoms with Gasteiger partial charge in [0.15, 0.2) is 5.82 Å². The second-order valence-electron chi connectivity index (χ2n) is 4.01. The molecule has 0 saturated carbocycles. The summed E-state index contributed by atoms with van der Waals surface area (Å²) in [4.78, 5) is 15.9. The second-order valence-corrected chi connectivity index (χ2v) is 4.01. The molecule has 0 saturated heterocycles. The molecular formula is C11H15N5O2. The Bertz CT molecular complexity index is 558. The maximum absolute atomic E-state index is 11.8. The smallest absolute Gasteiger partial charge is 0.267 e. The van der Waals surface area contributed by atoms with Crippen LogP contribution >= 0.6 is 0 Å². The third-order valence-corrected chi connectivity index (χ3v) is 2.46. The van der Waals surface area contributed by atoms with Gasteiger partial charge in [-0.1, -0.05) is 5.16 Å². The number of hydrogen-bond donors (Lipinski definition) is 2. The van der Waals surface area contributed by atoms with E-state index in [4.69, 9.17) is 10.3 Å². The molecule has 0 fully saturated rings. The van der Waals surface area contributed by atoms with Gasteiger partial charge in [-0.2, -0.15) is 4.98 Å². The van der Waals surface area contributed by atoms with Crippen LogP contribution in [0.25, 0.3) is 0 Å². The standard InChI is InChI=1S/C11H15N5O2/c1-7-14-10(15-18-7)3-4-13-11(17)9-5-8(12)6-16(9)2/h5-6H,3-4,12H2,1-2H3,(H,13,17). The molecule has 0 atom stereocenters. The molecule has 0 unspecified atom stereocenters. The van der Waals surface area contributed by atoms with Crippen molar-refractivity contribution in [2.24, 2.45) is 7.05 Å². The van der Waals surface area contributed by atoms with Gasteiger partial charge in [0, 0.05) is 33.1 Å². The Kier molecular flexibility index (Phi) is 3.31. The Balaban J connectivity index is 1.87. The molecule has 0 radical (unpaired) electrons. The van der Waals surface area contributed by atoms with Crippen molar-refractivity contribution in [2.45, 2.75) is 13.3 Å². The number of nitrogen functional groups attached to an aromatic ring is 1. The van der Waals surface area contributed by atoms with E-state index in [2.05, 4.69) is 15.5 Å². The molecule has 0 spiro atoms. The van der Waals surface area contributed by atoms with Crippen LogP contribution in [0, 0.1) is 6.92 Å². The Morgan fingerprint density at radius 3 is 2.94 bits per heavy atom. The van der Waals surface area contributed by atoms with E-state index in [-0.39, 0.29) is 5.91 Å². The van der Waals surface area contributed by atoms with E-state index in [1.165, 1.54) is 0 Å². The van der Waals surface area contributed by atoms with Crippen LogP contribution in [-0.2, 0) is 13.5 Å². The zero-order chi connectivity index (χ0) is 13.1. The number of nitrogens with zero attached hydrogens (tertiary/aromatic N) is 3. The fraction of sp³-hybridized carbons (Fsp3) is 0.364. The first-order chi connectivity index (χ1) is 8.56. The van der Waals surface area contributed by atoms with E-state index in [1.54, 1.807) is 30.8 Å². The highest BCUT2D eigenvalue weighted by Gasteiger charge is 2.10. The number of amides is 1. The van der Waals surface area contributed by atoms with Crippen molar-refractivity contribution in [1.82, 2.24) is 20.0 Å². The predicted octanol–water partition coefficient (Wildman–Crippen LogP) is 0.271. The molecule has 2 heterocycles. The molecular weight excluding hydrogens is 234 g/mol. The molecule has 0 aliphatic carbocycles. The minimum Gasteiger partial charge on any atom is -0.397 e. The van der Waals surface area contributed by atoms with Gasteiger partial charge in [-0.25, -0.2) is 0 Å². The summed E-state index contributed by atoms with van der Waals surface area (Å²) in [5, 5.41) is 6.52. The molecule has 0 bridgehead atoms. The lowest BCUT2D eigenvalue weighted by Crippen LogP contribution is -2.27. The zero-order valence-electron chi connectivity index (χ0n) is 10.3. The van der Waals surface area contributed by atoms with Crippen LogP contribution in [0.1, 0.15) is 22.2 Å². The van der Waals surface area contributed by atoms with Gasteiger partial charge in [0.1, 0.15) is 5.69 Å². The lowest BCUT2D eigenvalue weighted by molar-refractivity contribution is 0.0946. The zero-order valence-corrected chi connectivity index (χ0v) is 10.3. The minimum atomic E-state index is -0.172. The van der Waals surface area contributed by atoms with Crippen LogP contribution in [-0.4, -0.2) is 27.2 Å². The number of hydrogen-bond acceptors (Lipinski definition) is 5. The van der Waals surface area contributed by atoms with Crippen molar-refractivity contribution in [3.63, 3.8) is 0 Å². The first-order valence-electron chi connectivity index (χ1n) is 5.55. The van der Waals surface area contributed by atoms with Crippen LogP contribution < -0.4 is 11.1 Å². The number of anilines is 1. The van der Waals surface area contributed by atoms with Crippen molar-refractivity contribution >= 4 is 11.6 Å². The summed E-state index contributed by atoms with van der Waals surface area (Å²) in [5.41, 5.74) is 6.70. The predicted molar refractivity (Wildman–Crippen MR) is 64.9 cm³/mol. The highest BCUT2D eigenvalue weighted by Crippen LogP contribution is 2.08. The van der Waals surface area contributed by atoms with Crippen molar-refractivity contribution < 1.29 is 9.32 Å². The van der Waals surface area contributed by atoms with E-state index < -0.39 is 0 Å². The third kappa shape index (κ3) is 2.68. The average molecular weight is 249 g/mol. The number of nitrogens with one attached hydrogen (secondary N) is 1. The van der Waals surface area contributed by atoms with Gasteiger partial charge >= 0.3 is 0 Å². The monoisotopic (exact) mass is 249 g/mol. The van der Waals surface area contributed by atoms with Gasteiger partial charge in [-0.15, -0.1) is 0 Å². The first-order valence-corrected chi connectivity index (χ1v) is 5.55. The van der Waals surface area contributed by atoms with Crippen LogP contribution in [0.15, 0.2) is 16.8 Å². The molecule has 0 aliphatic rings. The Hall–Kier alpha value is -2.31.